The topological polar surface area (TPSA) is 82.7 Å². The zero-order valence-electron chi connectivity index (χ0n) is 14.2. The number of aromatic nitrogens is 3. The Balaban J connectivity index is 0.00000121. The quantitative estimate of drug-likeness (QED) is 0.653. The van der Waals surface area contributed by atoms with E-state index in [1.807, 2.05) is 24.3 Å². The number of nitrogens with zero attached hydrogens (tertiary/aromatic N) is 2. The maximum atomic E-state index is 12.4. The summed E-state index contributed by atoms with van der Waals surface area (Å²) in [5, 5.41) is 14.3. The first-order valence-corrected chi connectivity index (χ1v) is 9.39. The van der Waals surface area contributed by atoms with Crippen molar-refractivity contribution < 1.29 is 4.79 Å². The number of hydrogen-bond acceptors (Lipinski definition) is 5. The lowest BCUT2D eigenvalue weighted by atomic mass is 9.99. The van der Waals surface area contributed by atoms with E-state index < -0.39 is 0 Å². The van der Waals surface area contributed by atoms with Crippen molar-refractivity contribution in [3.8, 4) is 0 Å². The van der Waals surface area contributed by atoms with Crippen molar-refractivity contribution >= 4 is 42.5 Å². The van der Waals surface area contributed by atoms with Crippen LogP contribution >= 0.6 is 36.6 Å². The molecule has 9 heteroatoms. The molecule has 2 atom stereocenters. The molecular formula is C17H23Cl2N5OS. The summed E-state index contributed by atoms with van der Waals surface area (Å²) in [5.74, 6) is 0.838. The van der Waals surface area contributed by atoms with Crippen molar-refractivity contribution in [2.24, 2.45) is 0 Å². The molecule has 0 spiro atoms. The number of H-pyrrole nitrogens is 1. The maximum Gasteiger partial charge on any atom is 0.251 e. The number of hydrogen-bond donors (Lipinski definition) is 3. The molecule has 2 saturated heterocycles. The normalized spacial score (nSPS) is 23.6. The molecule has 3 N–H and O–H groups in total. The highest BCUT2D eigenvalue weighted by Crippen LogP contribution is 2.27. The zero-order valence-corrected chi connectivity index (χ0v) is 16.6. The van der Waals surface area contributed by atoms with E-state index in [1.54, 1.807) is 11.8 Å². The number of aromatic amines is 1. The SMILES string of the molecule is Cl.Cl.O=C(NC1CC2CCC(C1)N2)c1ccc(CSc2ncn[nH]2)cc1. The standard InChI is InChI=1S/C17H21N5OS.2ClH/c23-16(21-15-7-13-5-6-14(8-15)20-13)12-3-1-11(2-4-12)9-24-17-18-10-19-22-17;;/h1-4,10,13-15,20H,5-9H2,(H,21,23)(H,18,19,22);2*1H. The van der Waals surface area contributed by atoms with Crippen molar-refractivity contribution in [1.29, 1.82) is 0 Å². The second kappa shape index (κ2) is 9.60. The third-order valence-corrected chi connectivity index (χ3v) is 5.74. The molecule has 0 radical (unpaired) electrons. The number of carbonyl (C=O) groups excluding carboxylic acids is 1. The number of nitrogens with one attached hydrogen (secondary N) is 3. The lowest BCUT2D eigenvalue weighted by molar-refractivity contribution is 0.0924. The van der Waals surface area contributed by atoms with Gasteiger partial charge < -0.3 is 10.6 Å². The Morgan fingerprint density at radius 3 is 2.46 bits per heavy atom. The van der Waals surface area contributed by atoms with E-state index in [0.717, 1.165) is 34.9 Å². The summed E-state index contributed by atoms with van der Waals surface area (Å²) >= 11 is 1.59. The maximum absolute atomic E-state index is 12.4. The fourth-order valence-electron chi connectivity index (χ4n) is 3.61. The molecule has 26 heavy (non-hydrogen) atoms. The molecule has 1 aromatic heterocycles. The van der Waals surface area contributed by atoms with E-state index in [0.29, 0.717) is 18.1 Å². The Kier molecular flexibility index (Phi) is 7.76. The molecule has 2 aromatic rings. The fraction of sp³-hybridized carbons (Fsp3) is 0.471. The van der Waals surface area contributed by atoms with Crippen LogP contribution in [0.2, 0.25) is 0 Å². The van der Waals surface area contributed by atoms with Crippen molar-refractivity contribution in [1.82, 2.24) is 25.8 Å². The summed E-state index contributed by atoms with van der Waals surface area (Å²) in [6, 6.07) is 9.30. The number of rotatable bonds is 5. The Morgan fingerprint density at radius 1 is 1.15 bits per heavy atom. The molecule has 1 aromatic carbocycles. The van der Waals surface area contributed by atoms with Gasteiger partial charge in [-0.3, -0.25) is 9.89 Å². The summed E-state index contributed by atoms with van der Waals surface area (Å²) in [4.78, 5) is 16.5. The monoisotopic (exact) mass is 415 g/mol. The predicted octanol–water partition coefficient (Wildman–Crippen LogP) is 2.95. The summed E-state index contributed by atoms with van der Waals surface area (Å²) < 4.78 is 0. The molecule has 1 amide bonds. The lowest BCUT2D eigenvalue weighted by Gasteiger charge is -2.29. The largest absolute Gasteiger partial charge is 0.349 e. The average molecular weight is 416 g/mol. The van der Waals surface area contributed by atoms with Crippen molar-refractivity contribution in [3.63, 3.8) is 0 Å². The van der Waals surface area contributed by atoms with Crippen LogP contribution in [0.5, 0.6) is 0 Å². The van der Waals surface area contributed by atoms with Gasteiger partial charge in [-0.1, -0.05) is 23.9 Å². The van der Waals surface area contributed by atoms with Crippen LogP contribution in [0.15, 0.2) is 35.7 Å². The first-order chi connectivity index (χ1) is 11.8. The van der Waals surface area contributed by atoms with E-state index in [1.165, 1.54) is 19.2 Å². The summed E-state index contributed by atoms with van der Waals surface area (Å²) in [7, 11) is 0. The van der Waals surface area contributed by atoms with Crippen LogP contribution in [0, 0.1) is 0 Å². The molecule has 0 saturated carbocycles. The molecule has 2 fully saturated rings. The summed E-state index contributed by atoms with van der Waals surface area (Å²) in [5.41, 5.74) is 1.89. The van der Waals surface area contributed by atoms with Crippen LogP contribution in [0.4, 0.5) is 0 Å². The molecule has 4 rings (SSSR count). The number of thioether (sulfide) groups is 1. The van der Waals surface area contributed by atoms with Gasteiger partial charge in [0, 0.05) is 29.4 Å². The highest BCUT2D eigenvalue weighted by molar-refractivity contribution is 7.98. The molecule has 142 valence electrons. The lowest BCUT2D eigenvalue weighted by Crippen LogP contribution is -2.48. The van der Waals surface area contributed by atoms with Crippen molar-refractivity contribution in [3.05, 3.63) is 41.7 Å². The molecule has 2 unspecified atom stereocenters. The van der Waals surface area contributed by atoms with Crippen molar-refractivity contribution in [2.75, 3.05) is 0 Å². The van der Waals surface area contributed by atoms with Gasteiger partial charge in [0.15, 0.2) is 5.16 Å². The average Bonchev–Trinajstić information content (AvgIpc) is 3.23. The van der Waals surface area contributed by atoms with E-state index in [-0.39, 0.29) is 30.7 Å². The number of benzene rings is 1. The van der Waals surface area contributed by atoms with Gasteiger partial charge in [-0.2, -0.15) is 5.10 Å². The Hall–Kier alpha value is -1.28. The van der Waals surface area contributed by atoms with Gasteiger partial charge in [0.25, 0.3) is 5.91 Å². The fourth-order valence-corrected chi connectivity index (χ4v) is 4.35. The Bertz CT molecular complexity index is 686. The molecule has 2 aliphatic heterocycles. The first kappa shape index (κ1) is 21.0. The van der Waals surface area contributed by atoms with Gasteiger partial charge in [0.2, 0.25) is 0 Å². The number of piperidine rings is 1. The molecule has 2 aliphatic rings. The van der Waals surface area contributed by atoms with E-state index >= 15 is 0 Å². The van der Waals surface area contributed by atoms with Crippen LogP contribution in [-0.4, -0.2) is 39.2 Å². The highest BCUT2D eigenvalue weighted by Gasteiger charge is 2.34. The van der Waals surface area contributed by atoms with E-state index in [4.69, 9.17) is 0 Å². The molecule has 3 heterocycles. The molecule has 2 bridgehead atoms. The van der Waals surface area contributed by atoms with Crippen LogP contribution in [0.1, 0.15) is 41.6 Å². The predicted molar refractivity (Wildman–Crippen MR) is 107 cm³/mol. The van der Waals surface area contributed by atoms with Gasteiger partial charge in [-0.25, -0.2) is 4.98 Å². The third-order valence-electron chi connectivity index (χ3n) is 4.79. The minimum atomic E-state index is 0. The van der Waals surface area contributed by atoms with E-state index in [9.17, 15) is 4.79 Å². The second-order valence-corrected chi connectivity index (χ2v) is 7.52. The van der Waals surface area contributed by atoms with Crippen LogP contribution < -0.4 is 10.6 Å². The minimum Gasteiger partial charge on any atom is -0.349 e. The summed E-state index contributed by atoms with van der Waals surface area (Å²) in [6.07, 6.45) is 6.09. The zero-order chi connectivity index (χ0) is 16.4. The number of carbonyl (C=O) groups is 1. The minimum absolute atomic E-state index is 0. The van der Waals surface area contributed by atoms with Crippen LogP contribution in [-0.2, 0) is 5.75 Å². The number of halogens is 2. The Morgan fingerprint density at radius 2 is 1.85 bits per heavy atom. The van der Waals surface area contributed by atoms with Gasteiger partial charge in [0.05, 0.1) is 0 Å². The first-order valence-electron chi connectivity index (χ1n) is 8.40. The van der Waals surface area contributed by atoms with Crippen molar-refractivity contribution in [2.45, 2.75) is 54.7 Å². The number of amides is 1. The molecular weight excluding hydrogens is 393 g/mol. The number of fused-ring (bicyclic) bond motifs is 2. The van der Waals surface area contributed by atoms with E-state index in [2.05, 4.69) is 25.8 Å². The smallest absolute Gasteiger partial charge is 0.251 e. The van der Waals surface area contributed by atoms with Gasteiger partial charge in [-0.05, 0) is 43.4 Å². The third kappa shape index (κ3) is 5.13. The van der Waals surface area contributed by atoms with Crippen LogP contribution in [0.25, 0.3) is 0 Å². The van der Waals surface area contributed by atoms with Gasteiger partial charge in [-0.15, -0.1) is 24.8 Å². The second-order valence-electron chi connectivity index (χ2n) is 6.56. The Labute approximate surface area is 169 Å². The van der Waals surface area contributed by atoms with Crippen LogP contribution in [0.3, 0.4) is 0 Å². The van der Waals surface area contributed by atoms with Gasteiger partial charge >= 0.3 is 0 Å². The molecule has 6 nitrogen and oxygen atoms in total. The van der Waals surface area contributed by atoms with Gasteiger partial charge in [0.1, 0.15) is 6.33 Å². The molecule has 0 aliphatic carbocycles. The highest BCUT2D eigenvalue weighted by atomic mass is 35.5. The summed E-state index contributed by atoms with van der Waals surface area (Å²) in [6.45, 7) is 0.